The molecule has 0 aromatic carbocycles. The highest BCUT2D eigenvalue weighted by Gasteiger charge is 2.12. The predicted molar refractivity (Wildman–Crippen MR) is 62.9 cm³/mol. The van der Waals surface area contributed by atoms with Gasteiger partial charge in [-0.05, 0) is 6.42 Å². The van der Waals surface area contributed by atoms with Gasteiger partial charge in [-0.3, -0.25) is 4.79 Å². The quantitative estimate of drug-likeness (QED) is 0.653. The number of sulfonamides is 1. The zero-order valence-corrected chi connectivity index (χ0v) is 11.1. The molecule has 0 aliphatic rings. The Hall–Kier alpha value is -1.48. The summed E-state index contributed by atoms with van der Waals surface area (Å²) < 4.78 is 31.6. The second-order valence-corrected chi connectivity index (χ2v) is 5.60. The number of nitrogens with one attached hydrogen (secondary N) is 1. The molecule has 0 fully saturated rings. The number of ether oxygens (including phenoxy) is 1. The maximum absolute atomic E-state index is 11.6. The van der Waals surface area contributed by atoms with Crippen molar-refractivity contribution in [2.45, 2.75) is 19.4 Å². The van der Waals surface area contributed by atoms with Crippen molar-refractivity contribution in [2.24, 2.45) is 7.05 Å². The lowest BCUT2D eigenvalue weighted by Crippen LogP contribution is -2.27. The molecule has 0 spiro atoms. The summed E-state index contributed by atoms with van der Waals surface area (Å²) in [4.78, 5) is 10.8. The number of carbonyl (C=O) groups excluding carboxylic acids is 1. The zero-order chi connectivity index (χ0) is 13.6. The molecular formula is C9H16N4O4S. The lowest BCUT2D eigenvalue weighted by molar-refractivity contribution is -0.140. The van der Waals surface area contributed by atoms with Gasteiger partial charge in [0.15, 0.2) is 0 Å². The Kier molecular flexibility index (Phi) is 5.23. The summed E-state index contributed by atoms with van der Waals surface area (Å²) in [5.74, 6) is -0.0232. The van der Waals surface area contributed by atoms with Gasteiger partial charge in [-0.2, -0.15) is 0 Å². The largest absolute Gasteiger partial charge is 0.469 e. The van der Waals surface area contributed by atoms with Crippen molar-refractivity contribution in [3.63, 3.8) is 0 Å². The van der Waals surface area contributed by atoms with Gasteiger partial charge in [0.25, 0.3) is 0 Å². The summed E-state index contributed by atoms with van der Waals surface area (Å²) in [6, 6.07) is 0. The predicted octanol–water partition coefficient (Wildman–Crippen LogP) is -0.812. The Balaban J connectivity index is 2.36. The molecule has 0 radical (unpaired) electrons. The van der Waals surface area contributed by atoms with E-state index in [0.29, 0.717) is 5.82 Å². The molecule has 0 unspecified atom stereocenters. The molecule has 8 nitrogen and oxygen atoms in total. The summed E-state index contributed by atoms with van der Waals surface area (Å²) in [6.45, 7) is 0.0804. The van der Waals surface area contributed by atoms with E-state index in [1.54, 1.807) is 11.6 Å². The minimum absolute atomic E-state index is 0.0804. The van der Waals surface area contributed by atoms with Crippen LogP contribution in [0, 0.1) is 0 Å². The molecule has 0 saturated heterocycles. The molecule has 0 aliphatic heterocycles. The summed E-state index contributed by atoms with van der Waals surface area (Å²) in [6.07, 6.45) is 1.79. The van der Waals surface area contributed by atoms with Gasteiger partial charge in [0.05, 0.1) is 19.4 Å². The number of rotatable bonds is 7. The van der Waals surface area contributed by atoms with E-state index in [0.717, 1.165) is 0 Å². The van der Waals surface area contributed by atoms with Crippen molar-refractivity contribution in [3.8, 4) is 0 Å². The third-order valence-corrected chi connectivity index (χ3v) is 3.69. The average molecular weight is 276 g/mol. The van der Waals surface area contributed by atoms with Crippen LogP contribution in [0.25, 0.3) is 0 Å². The second-order valence-electron chi connectivity index (χ2n) is 3.68. The molecule has 0 atom stereocenters. The van der Waals surface area contributed by atoms with E-state index in [9.17, 15) is 13.2 Å². The van der Waals surface area contributed by atoms with Crippen molar-refractivity contribution in [1.82, 2.24) is 19.5 Å². The number of aryl methyl sites for hydroxylation is 1. The van der Waals surface area contributed by atoms with E-state index in [1.807, 2.05) is 0 Å². The molecule has 1 rings (SSSR count). The van der Waals surface area contributed by atoms with Gasteiger partial charge in [0.2, 0.25) is 10.0 Å². The van der Waals surface area contributed by atoms with Crippen molar-refractivity contribution < 1.29 is 17.9 Å². The lowest BCUT2D eigenvalue weighted by atomic mass is 10.3. The van der Waals surface area contributed by atoms with Crippen molar-refractivity contribution >= 4 is 16.0 Å². The topological polar surface area (TPSA) is 103 Å². The van der Waals surface area contributed by atoms with Crippen LogP contribution in [0.1, 0.15) is 18.7 Å². The first-order valence-electron chi connectivity index (χ1n) is 5.31. The van der Waals surface area contributed by atoms with Gasteiger partial charge in [-0.25, -0.2) is 13.1 Å². The van der Waals surface area contributed by atoms with Crippen molar-refractivity contribution in [2.75, 3.05) is 12.9 Å². The van der Waals surface area contributed by atoms with Crippen LogP contribution in [0.3, 0.4) is 0 Å². The van der Waals surface area contributed by atoms with E-state index >= 15 is 0 Å². The first-order valence-corrected chi connectivity index (χ1v) is 6.97. The van der Waals surface area contributed by atoms with E-state index in [4.69, 9.17) is 0 Å². The molecule has 1 aromatic heterocycles. The number of methoxy groups -OCH3 is 1. The van der Waals surface area contributed by atoms with Crippen LogP contribution >= 0.6 is 0 Å². The Bertz CT molecular complexity index is 496. The lowest BCUT2D eigenvalue weighted by Gasteiger charge is -2.05. The summed E-state index contributed by atoms with van der Waals surface area (Å²) in [7, 11) is -0.427. The molecular weight excluding hydrogens is 260 g/mol. The maximum Gasteiger partial charge on any atom is 0.305 e. The molecule has 1 aromatic rings. The fourth-order valence-electron chi connectivity index (χ4n) is 1.22. The third kappa shape index (κ3) is 4.80. The fraction of sp³-hybridized carbons (Fsp3) is 0.667. The number of hydrogen-bond acceptors (Lipinski definition) is 6. The van der Waals surface area contributed by atoms with Gasteiger partial charge in [0, 0.05) is 13.5 Å². The first kappa shape index (κ1) is 14.6. The first-order chi connectivity index (χ1) is 8.44. The Labute approximate surface area is 105 Å². The Morgan fingerprint density at radius 2 is 2.28 bits per heavy atom. The summed E-state index contributed by atoms with van der Waals surface area (Å²) >= 11 is 0. The normalized spacial score (nSPS) is 11.4. The van der Waals surface area contributed by atoms with E-state index in [2.05, 4.69) is 19.7 Å². The molecule has 0 aliphatic carbocycles. The minimum atomic E-state index is -3.42. The molecule has 0 bridgehead atoms. The highest BCUT2D eigenvalue weighted by Crippen LogP contribution is 1.98. The molecule has 0 saturated carbocycles. The number of hydrogen-bond donors (Lipinski definition) is 1. The van der Waals surface area contributed by atoms with Crippen LogP contribution in [0.15, 0.2) is 6.33 Å². The Morgan fingerprint density at radius 1 is 1.56 bits per heavy atom. The highest BCUT2D eigenvalue weighted by atomic mass is 32.2. The molecule has 102 valence electrons. The average Bonchev–Trinajstić information content (AvgIpc) is 2.72. The zero-order valence-electron chi connectivity index (χ0n) is 10.3. The van der Waals surface area contributed by atoms with Crippen LogP contribution in [-0.2, 0) is 33.1 Å². The molecule has 9 heteroatoms. The van der Waals surface area contributed by atoms with Crippen molar-refractivity contribution in [1.29, 1.82) is 0 Å². The summed E-state index contributed by atoms with van der Waals surface area (Å²) in [5, 5.41) is 7.39. The van der Waals surface area contributed by atoms with Gasteiger partial charge in [-0.1, -0.05) is 0 Å². The van der Waals surface area contributed by atoms with Crippen LogP contribution in [0.5, 0.6) is 0 Å². The van der Waals surface area contributed by atoms with E-state index < -0.39 is 16.0 Å². The van der Waals surface area contributed by atoms with E-state index in [-0.39, 0.29) is 25.1 Å². The minimum Gasteiger partial charge on any atom is -0.469 e. The number of esters is 1. The summed E-state index contributed by atoms with van der Waals surface area (Å²) in [5.41, 5.74) is 0. The van der Waals surface area contributed by atoms with Gasteiger partial charge in [-0.15, -0.1) is 10.2 Å². The van der Waals surface area contributed by atoms with Crippen LogP contribution in [0.4, 0.5) is 0 Å². The van der Waals surface area contributed by atoms with Crippen LogP contribution in [0.2, 0.25) is 0 Å². The Morgan fingerprint density at radius 3 is 2.83 bits per heavy atom. The smallest absolute Gasteiger partial charge is 0.305 e. The fourth-order valence-corrected chi connectivity index (χ4v) is 2.24. The highest BCUT2D eigenvalue weighted by molar-refractivity contribution is 7.89. The SMILES string of the molecule is COC(=O)CCCS(=O)(=O)NCc1nncn1C. The number of carbonyl (C=O) groups is 1. The monoisotopic (exact) mass is 276 g/mol. The van der Waals surface area contributed by atoms with Crippen LogP contribution < -0.4 is 4.72 Å². The van der Waals surface area contributed by atoms with Gasteiger partial charge in [0.1, 0.15) is 12.2 Å². The third-order valence-electron chi connectivity index (χ3n) is 2.28. The molecule has 0 amide bonds. The number of nitrogens with zero attached hydrogens (tertiary/aromatic N) is 3. The van der Waals surface area contributed by atoms with Gasteiger partial charge >= 0.3 is 5.97 Å². The number of aromatic nitrogens is 3. The van der Waals surface area contributed by atoms with Gasteiger partial charge < -0.3 is 9.30 Å². The van der Waals surface area contributed by atoms with Crippen molar-refractivity contribution in [3.05, 3.63) is 12.2 Å². The molecule has 1 N–H and O–H groups in total. The molecule has 18 heavy (non-hydrogen) atoms. The maximum atomic E-state index is 11.6. The standard InChI is InChI=1S/C9H16N4O4S/c1-13-7-10-12-8(13)6-11-18(15,16)5-3-4-9(14)17-2/h7,11H,3-6H2,1-2H3. The van der Waals surface area contributed by atoms with E-state index in [1.165, 1.54) is 13.4 Å². The molecule has 1 heterocycles. The van der Waals surface area contributed by atoms with Crippen LogP contribution in [-0.4, -0.2) is 42.0 Å². The second kappa shape index (κ2) is 6.45.